The summed E-state index contributed by atoms with van der Waals surface area (Å²) in [6.07, 6.45) is 5.24. The third kappa shape index (κ3) is 9.11. The largest absolute Gasteiger partial charge is 0.475 e. The summed E-state index contributed by atoms with van der Waals surface area (Å²) in [5, 5.41) is 0. The van der Waals surface area contributed by atoms with Gasteiger partial charge in [-0.25, -0.2) is 18.1 Å². The Labute approximate surface area is 324 Å². The molecular formula is C42H52N6O6S. The van der Waals surface area contributed by atoms with Crippen LogP contribution in [0.3, 0.4) is 0 Å². The number of morpholine rings is 1. The molecule has 0 unspecified atom stereocenters. The van der Waals surface area contributed by atoms with Gasteiger partial charge in [-0.05, 0) is 92.3 Å². The molecule has 3 aliphatic rings. The molecule has 1 atom stereocenters. The molecule has 4 aromatic rings. The minimum absolute atomic E-state index is 0.0674. The van der Waals surface area contributed by atoms with Crippen molar-refractivity contribution in [2.45, 2.75) is 77.8 Å². The lowest BCUT2D eigenvalue weighted by Crippen LogP contribution is -2.45. The SMILES string of the molecule is Cc1cccc(CC2CCOCC2)c1-c1nc2nc(c1C)OC[C@@H](CC(C)(C)C)N(Cc1ccc(N3CCOCC3)cn1)C(=O)c1cccc(c1)S(=O)(=O)N2. The van der Waals surface area contributed by atoms with Gasteiger partial charge in [0.25, 0.3) is 15.9 Å². The predicted molar refractivity (Wildman–Crippen MR) is 212 cm³/mol. The number of nitrogens with one attached hydrogen (secondary N) is 1. The minimum atomic E-state index is -4.21. The number of aromatic nitrogens is 3. The third-order valence-corrected chi connectivity index (χ3v) is 12.0. The van der Waals surface area contributed by atoms with Crippen molar-refractivity contribution in [2.75, 3.05) is 55.7 Å². The first-order chi connectivity index (χ1) is 26.3. The lowest BCUT2D eigenvalue weighted by Gasteiger charge is -2.36. The number of ether oxygens (including phenoxy) is 3. The van der Waals surface area contributed by atoms with E-state index in [1.165, 1.54) is 12.1 Å². The number of aryl methyl sites for hydroxylation is 1. The van der Waals surface area contributed by atoms with Gasteiger partial charge < -0.3 is 24.0 Å². The molecule has 1 amide bonds. The summed E-state index contributed by atoms with van der Waals surface area (Å²) in [4.78, 5) is 32.9. The number of sulfonamides is 1. The molecule has 4 bridgehead atoms. The van der Waals surface area contributed by atoms with Gasteiger partial charge >= 0.3 is 0 Å². The summed E-state index contributed by atoms with van der Waals surface area (Å²) in [6.45, 7) is 15.1. The van der Waals surface area contributed by atoms with E-state index >= 15 is 0 Å². The van der Waals surface area contributed by atoms with Gasteiger partial charge in [-0.1, -0.05) is 45.0 Å². The van der Waals surface area contributed by atoms with Crippen LogP contribution in [0.15, 0.2) is 65.7 Å². The molecule has 0 spiro atoms. The van der Waals surface area contributed by atoms with Gasteiger partial charge in [-0.15, -0.1) is 0 Å². The van der Waals surface area contributed by atoms with Crippen LogP contribution in [-0.2, 0) is 32.5 Å². The number of hydrogen-bond donors (Lipinski definition) is 1. The Bertz CT molecular complexity index is 2110. The fourth-order valence-corrected chi connectivity index (χ4v) is 8.76. The number of anilines is 2. The monoisotopic (exact) mass is 768 g/mol. The lowest BCUT2D eigenvalue weighted by molar-refractivity contribution is 0.0508. The number of carbonyl (C=O) groups is 1. The first kappa shape index (κ1) is 38.7. The zero-order valence-electron chi connectivity index (χ0n) is 32.5. The maximum absolute atomic E-state index is 14.6. The van der Waals surface area contributed by atoms with Crippen LogP contribution < -0.4 is 14.4 Å². The number of fused-ring (bicyclic) bond motifs is 4. The van der Waals surface area contributed by atoms with Crippen LogP contribution in [0, 0.1) is 25.2 Å². The Morgan fingerprint density at radius 2 is 1.67 bits per heavy atom. The highest BCUT2D eigenvalue weighted by atomic mass is 32.2. The molecule has 3 aliphatic heterocycles. The predicted octanol–water partition coefficient (Wildman–Crippen LogP) is 6.60. The van der Waals surface area contributed by atoms with E-state index in [2.05, 4.69) is 47.5 Å². The van der Waals surface area contributed by atoms with Gasteiger partial charge in [-0.3, -0.25) is 9.78 Å². The quantitative estimate of drug-likeness (QED) is 0.219. The average molecular weight is 769 g/mol. The fourth-order valence-electron chi connectivity index (χ4n) is 7.77. The van der Waals surface area contributed by atoms with E-state index in [0.717, 1.165) is 67.9 Å². The van der Waals surface area contributed by atoms with Crippen molar-refractivity contribution in [1.82, 2.24) is 19.9 Å². The van der Waals surface area contributed by atoms with Gasteiger partial charge in [-0.2, -0.15) is 4.98 Å². The molecule has 0 saturated carbocycles. The number of pyridine rings is 1. The highest BCUT2D eigenvalue weighted by molar-refractivity contribution is 7.92. The van der Waals surface area contributed by atoms with Gasteiger partial charge in [0.2, 0.25) is 11.8 Å². The van der Waals surface area contributed by atoms with Crippen LogP contribution in [0.5, 0.6) is 5.88 Å². The lowest BCUT2D eigenvalue weighted by atomic mass is 9.87. The molecule has 13 heteroatoms. The van der Waals surface area contributed by atoms with Crippen molar-refractivity contribution < 1.29 is 27.4 Å². The van der Waals surface area contributed by atoms with E-state index in [4.69, 9.17) is 24.2 Å². The summed E-state index contributed by atoms with van der Waals surface area (Å²) >= 11 is 0. The number of amides is 1. The summed E-state index contributed by atoms with van der Waals surface area (Å²) in [5.41, 5.74) is 6.15. The van der Waals surface area contributed by atoms with Gasteiger partial charge in [0.1, 0.15) is 6.61 Å². The molecule has 7 rings (SSSR count). The normalized spacial score (nSPS) is 19.4. The molecule has 0 radical (unpaired) electrons. The minimum Gasteiger partial charge on any atom is -0.475 e. The van der Waals surface area contributed by atoms with Crippen LogP contribution >= 0.6 is 0 Å². The number of carbonyl (C=O) groups excluding carboxylic acids is 1. The average Bonchev–Trinajstić information content (AvgIpc) is 3.17. The third-order valence-electron chi connectivity index (χ3n) is 10.6. The molecule has 2 aromatic heterocycles. The van der Waals surface area contributed by atoms with Crippen molar-refractivity contribution in [3.8, 4) is 17.1 Å². The highest BCUT2D eigenvalue weighted by Crippen LogP contribution is 2.37. The Hall–Kier alpha value is -4.59. The van der Waals surface area contributed by atoms with E-state index in [0.29, 0.717) is 42.5 Å². The molecule has 2 saturated heterocycles. The second-order valence-corrected chi connectivity index (χ2v) is 17.8. The van der Waals surface area contributed by atoms with Crippen LogP contribution in [0.4, 0.5) is 11.6 Å². The Balaban J connectivity index is 1.31. The smallest absolute Gasteiger partial charge is 0.264 e. The first-order valence-corrected chi connectivity index (χ1v) is 20.7. The summed E-state index contributed by atoms with van der Waals surface area (Å²) in [6, 6.07) is 15.9. The fraction of sp³-hybridized carbons (Fsp3) is 0.476. The number of hydrogen-bond acceptors (Lipinski definition) is 10. The van der Waals surface area contributed by atoms with Gasteiger partial charge in [0, 0.05) is 43.0 Å². The molecule has 2 fully saturated rings. The van der Waals surface area contributed by atoms with Crippen molar-refractivity contribution in [2.24, 2.45) is 11.3 Å². The molecule has 55 heavy (non-hydrogen) atoms. The van der Waals surface area contributed by atoms with Gasteiger partial charge in [0.15, 0.2) is 0 Å². The molecule has 0 aliphatic carbocycles. The molecule has 1 N–H and O–H groups in total. The molecule has 5 heterocycles. The van der Waals surface area contributed by atoms with E-state index in [-0.39, 0.29) is 46.8 Å². The maximum atomic E-state index is 14.6. The maximum Gasteiger partial charge on any atom is 0.264 e. The Morgan fingerprint density at radius 1 is 0.927 bits per heavy atom. The molecule has 12 nitrogen and oxygen atoms in total. The summed E-state index contributed by atoms with van der Waals surface area (Å²) in [7, 11) is -4.21. The van der Waals surface area contributed by atoms with Crippen molar-refractivity contribution in [3.63, 3.8) is 0 Å². The van der Waals surface area contributed by atoms with E-state index in [9.17, 15) is 13.2 Å². The summed E-state index contributed by atoms with van der Waals surface area (Å²) in [5.74, 6) is 0.306. The zero-order valence-corrected chi connectivity index (χ0v) is 33.3. The molecule has 292 valence electrons. The molecular weight excluding hydrogens is 717 g/mol. The molecule has 2 aromatic carbocycles. The Kier molecular flexibility index (Phi) is 11.4. The first-order valence-electron chi connectivity index (χ1n) is 19.2. The van der Waals surface area contributed by atoms with Crippen molar-refractivity contribution in [3.05, 3.63) is 88.7 Å². The van der Waals surface area contributed by atoms with Crippen LogP contribution in [0.2, 0.25) is 0 Å². The number of rotatable bonds is 7. The zero-order chi connectivity index (χ0) is 38.7. The number of benzene rings is 2. The topological polar surface area (TPSA) is 136 Å². The van der Waals surface area contributed by atoms with E-state index < -0.39 is 16.1 Å². The van der Waals surface area contributed by atoms with Crippen LogP contribution in [0.1, 0.15) is 72.8 Å². The van der Waals surface area contributed by atoms with E-state index in [1.807, 2.05) is 38.2 Å². The van der Waals surface area contributed by atoms with E-state index in [1.54, 1.807) is 17.0 Å². The van der Waals surface area contributed by atoms with Crippen LogP contribution in [0.25, 0.3) is 11.3 Å². The van der Waals surface area contributed by atoms with Crippen molar-refractivity contribution >= 4 is 27.6 Å². The number of nitrogens with zero attached hydrogens (tertiary/aromatic N) is 5. The van der Waals surface area contributed by atoms with Crippen LogP contribution in [-0.4, -0.2) is 86.3 Å². The highest BCUT2D eigenvalue weighted by Gasteiger charge is 2.32. The second-order valence-electron chi connectivity index (χ2n) is 16.1. The standard InChI is InChI=1S/C42H52N6O6S/c1-28-8-6-9-31(22-30-14-18-52-19-15-30)37(28)38-29(2)39-45-41(44-38)46-55(50,51)36-11-7-10-32(23-36)40(49)48(35(27-54-39)24-42(3,4)5)26-33-12-13-34(25-43-33)47-16-20-53-21-17-47/h6-13,23,25,30,35H,14-22,24,26-27H2,1-5H3,(H,44,45,46)/t35-/m1/s1. The van der Waals surface area contributed by atoms with Gasteiger partial charge in [0.05, 0.1) is 54.0 Å². The Morgan fingerprint density at radius 3 is 2.40 bits per heavy atom. The summed E-state index contributed by atoms with van der Waals surface area (Å²) < 4.78 is 48.4. The van der Waals surface area contributed by atoms with Crippen molar-refractivity contribution in [1.29, 1.82) is 0 Å². The second kappa shape index (κ2) is 16.3.